The molecule has 1 aliphatic rings. The quantitative estimate of drug-likeness (QED) is 0.738. The summed E-state index contributed by atoms with van der Waals surface area (Å²) in [5.41, 5.74) is 3.65. The highest BCUT2D eigenvalue weighted by Gasteiger charge is 2.32. The van der Waals surface area contributed by atoms with E-state index in [-0.39, 0.29) is 7.30 Å². The first-order chi connectivity index (χ1) is 6.74. The molecule has 0 bridgehead atoms. The smallest absolute Gasteiger partial charge is 0.0445 e. The van der Waals surface area contributed by atoms with Crippen LogP contribution < -0.4 is 0 Å². The second-order valence-electron chi connectivity index (χ2n) is 3.64. The SMILES string of the molecule is C[C@H]1c2cccnc2C[C@H]1P(P)PP. The number of pyridine rings is 1. The van der Waals surface area contributed by atoms with Crippen LogP contribution in [0.1, 0.15) is 24.1 Å². The lowest BCUT2D eigenvalue weighted by atomic mass is 10.1. The van der Waals surface area contributed by atoms with Crippen LogP contribution in [0.3, 0.4) is 0 Å². The molecular formula is C9H15NP4. The number of rotatable bonds is 2. The molecule has 1 aliphatic carbocycles. The molecule has 0 radical (unpaired) electrons. The molecule has 0 spiro atoms. The molecule has 0 aromatic carbocycles. The lowest BCUT2D eigenvalue weighted by molar-refractivity contribution is 0.763. The van der Waals surface area contributed by atoms with E-state index in [0.29, 0.717) is 5.92 Å². The van der Waals surface area contributed by atoms with E-state index >= 15 is 0 Å². The van der Waals surface area contributed by atoms with E-state index in [1.807, 2.05) is 6.20 Å². The van der Waals surface area contributed by atoms with Gasteiger partial charge in [0.1, 0.15) is 0 Å². The Labute approximate surface area is 92.9 Å². The van der Waals surface area contributed by atoms with Crippen LogP contribution in [-0.4, -0.2) is 10.6 Å². The van der Waals surface area contributed by atoms with E-state index in [0.717, 1.165) is 13.6 Å². The molecule has 0 saturated heterocycles. The molecule has 1 heterocycles. The monoisotopic (exact) mass is 261 g/mol. The van der Waals surface area contributed by atoms with Gasteiger partial charge >= 0.3 is 0 Å². The Morgan fingerprint density at radius 2 is 2.43 bits per heavy atom. The van der Waals surface area contributed by atoms with Gasteiger partial charge in [0, 0.05) is 11.9 Å². The summed E-state index contributed by atoms with van der Waals surface area (Å²) in [6.07, 6.45) is 3.11. The number of aromatic nitrogens is 1. The highest BCUT2D eigenvalue weighted by atomic mass is 32.6. The first-order valence-corrected chi connectivity index (χ1v) is 11.4. The largest absolute Gasteiger partial charge is 0.261 e. The minimum atomic E-state index is 0.102. The van der Waals surface area contributed by atoms with E-state index in [4.69, 9.17) is 0 Å². The Bertz CT molecular complexity index is 330. The van der Waals surface area contributed by atoms with Crippen LogP contribution in [0.15, 0.2) is 18.3 Å². The molecule has 0 N–H and O–H groups in total. The second-order valence-corrected chi connectivity index (χ2v) is 13.2. The van der Waals surface area contributed by atoms with Crippen LogP contribution in [0.2, 0.25) is 0 Å². The van der Waals surface area contributed by atoms with Gasteiger partial charge in [0.15, 0.2) is 0 Å². The maximum Gasteiger partial charge on any atom is 0.0445 e. The van der Waals surface area contributed by atoms with Crippen LogP contribution in [-0.2, 0) is 6.42 Å². The zero-order valence-electron chi connectivity index (χ0n) is 8.14. The van der Waals surface area contributed by atoms with E-state index in [1.54, 1.807) is 0 Å². The fraction of sp³-hybridized carbons (Fsp3) is 0.444. The van der Waals surface area contributed by atoms with Gasteiger partial charge in [0.25, 0.3) is 0 Å². The summed E-state index contributed by atoms with van der Waals surface area (Å²) < 4.78 is 0. The Morgan fingerprint density at radius 3 is 3.07 bits per heavy atom. The van der Waals surface area contributed by atoms with Crippen molar-refractivity contribution in [2.75, 3.05) is 0 Å². The predicted molar refractivity (Wildman–Crippen MR) is 74.8 cm³/mol. The molecule has 0 aliphatic heterocycles. The van der Waals surface area contributed by atoms with Crippen LogP contribution in [0.4, 0.5) is 0 Å². The summed E-state index contributed by atoms with van der Waals surface area (Å²) in [6.45, 7) is 2.35. The molecule has 14 heavy (non-hydrogen) atoms. The number of fused-ring (bicyclic) bond motifs is 1. The van der Waals surface area contributed by atoms with E-state index in [9.17, 15) is 0 Å². The third-order valence-corrected chi connectivity index (χ3v) is 14.3. The minimum Gasteiger partial charge on any atom is -0.261 e. The van der Waals surface area contributed by atoms with Crippen molar-refractivity contribution in [3.63, 3.8) is 0 Å². The maximum atomic E-state index is 4.47. The summed E-state index contributed by atoms with van der Waals surface area (Å²) in [5, 5.41) is 0. The Kier molecular flexibility index (Phi) is 3.90. The predicted octanol–water partition coefficient (Wildman–Crippen LogP) is 3.77. The first kappa shape index (κ1) is 11.4. The Morgan fingerprint density at radius 1 is 1.64 bits per heavy atom. The van der Waals surface area contributed by atoms with Crippen molar-refractivity contribution in [2.45, 2.75) is 24.9 Å². The van der Waals surface area contributed by atoms with Crippen molar-refractivity contribution in [1.82, 2.24) is 4.98 Å². The average Bonchev–Trinajstić information content (AvgIpc) is 2.56. The third-order valence-electron chi connectivity index (χ3n) is 2.90. The molecule has 0 fully saturated rings. The van der Waals surface area contributed by atoms with Crippen molar-refractivity contribution >= 4 is 33.1 Å². The van der Waals surface area contributed by atoms with Gasteiger partial charge in [-0.1, -0.05) is 28.2 Å². The van der Waals surface area contributed by atoms with Gasteiger partial charge in [-0.15, -0.1) is 17.9 Å². The molecule has 1 aromatic heterocycles. The Balaban J connectivity index is 2.25. The van der Waals surface area contributed by atoms with E-state index in [1.165, 1.54) is 17.7 Å². The molecule has 6 atom stereocenters. The van der Waals surface area contributed by atoms with Crippen LogP contribution in [0.25, 0.3) is 0 Å². The van der Waals surface area contributed by atoms with E-state index in [2.05, 4.69) is 41.9 Å². The van der Waals surface area contributed by atoms with Gasteiger partial charge in [0.2, 0.25) is 0 Å². The molecule has 1 nitrogen and oxygen atoms in total. The highest BCUT2D eigenvalue weighted by molar-refractivity contribution is 8.61. The van der Waals surface area contributed by atoms with Crippen LogP contribution in [0.5, 0.6) is 0 Å². The number of hydrogen-bond donors (Lipinski definition) is 0. The summed E-state index contributed by atoms with van der Waals surface area (Å²) >= 11 is 0. The molecule has 0 amide bonds. The summed E-state index contributed by atoms with van der Waals surface area (Å²) in [6, 6.07) is 4.30. The summed E-state index contributed by atoms with van der Waals surface area (Å²) in [4.78, 5) is 4.47. The molecule has 5 heteroatoms. The van der Waals surface area contributed by atoms with Gasteiger partial charge < -0.3 is 0 Å². The van der Waals surface area contributed by atoms with Crippen molar-refractivity contribution in [3.05, 3.63) is 29.6 Å². The molecule has 1 aromatic rings. The standard InChI is InChI=1S/C9H15NP4/c1-6-7-3-2-4-10-8(7)5-9(6)14(12)13-11/h2-4,6,9,13H,5,11-12H2,1H3/t6-,9+,14?/m0/s1. The average molecular weight is 261 g/mol. The lowest BCUT2D eigenvalue weighted by Gasteiger charge is -2.21. The Hall–Kier alpha value is 0.870. The van der Waals surface area contributed by atoms with Crippen molar-refractivity contribution in [3.8, 4) is 0 Å². The van der Waals surface area contributed by atoms with Crippen molar-refractivity contribution < 1.29 is 0 Å². The van der Waals surface area contributed by atoms with Crippen molar-refractivity contribution in [2.24, 2.45) is 0 Å². The molecule has 76 valence electrons. The lowest BCUT2D eigenvalue weighted by Crippen LogP contribution is -2.04. The van der Waals surface area contributed by atoms with E-state index < -0.39 is 0 Å². The van der Waals surface area contributed by atoms with Gasteiger partial charge in [-0.05, 0) is 29.6 Å². The van der Waals surface area contributed by atoms with Crippen molar-refractivity contribution in [1.29, 1.82) is 0 Å². The summed E-state index contributed by atoms with van der Waals surface area (Å²) in [5.74, 6) is 0.704. The third kappa shape index (κ3) is 2.03. The van der Waals surface area contributed by atoms with Gasteiger partial charge in [0.05, 0.1) is 0 Å². The maximum absolute atomic E-state index is 4.47. The van der Waals surface area contributed by atoms with Gasteiger partial charge in [-0.25, -0.2) is 0 Å². The summed E-state index contributed by atoms with van der Waals surface area (Å²) in [7, 11) is 7.04. The zero-order valence-corrected chi connectivity index (χ0v) is 12.3. The normalized spacial score (nSPS) is 28.2. The van der Waals surface area contributed by atoms with Gasteiger partial charge in [-0.2, -0.15) is 0 Å². The topological polar surface area (TPSA) is 12.9 Å². The fourth-order valence-electron chi connectivity index (χ4n) is 2.05. The van der Waals surface area contributed by atoms with Gasteiger partial charge in [-0.3, -0.25) is 4.98 Å². The molecule has 0 saturated carbocycles. The highest BCUT2D eigenvalue weighted by Crippen LogP contribution is 2.72. The molecule has 2 rings (SSSR count). The molecule has 4 unspecified atom stereocenters. The van der Waals surface area contributed by atoms with Crippen LogP contribution in [0, 0.1) is 0 Å². The fourth-order valence-corrected chi connectivity index (χ4v) is 7.59. The number of nitrogens with zero attached hydrogens (tertiary/aromatic N) is 1. The first-order valence-electron chi connectivity index (χ1n) is 4.68. The molecular weight excluding hydrogens is 246 g/mol. The second kappa shape index (κ2) is 4.80. The van der Waals surface area contributed by atoms with Crippen LogP contribution >= 0.6 is 33.1 Å². The zero-order chi connectivity index (χ0) is 10.1. The number of hydrogen-bond acceptors (Lipinski definition) is 1. The minimum absolute atomic E-state index is 0.102.